The Morgan fingerprint density at radius 1 is 1.09 bits per heavy atom. The van der Waals surface area contributed by atoms with Crippen LogP contribution in [0.4, 0.5) is 17.6 Å². The van der Waals surface area contributed by atoms with Gasteiger partial charge in [-0.15, -0.1) is 0 Å². The standard InChI is InChI=1S/C21H25F4N3O4S/c1-12(2)32-20-16(7-8-18(28-20)21(23,24)25)10-26-19(29)13(3)14-5-6-15(17(22)9-14)11-27-33(4,30)31/h5-9,12-13,27H,10-11H2,1-4H3,(H,26,29). The number of nitrogens with zero attached hydrogens (tertiary/aromatic N) is 1. The summed E-state index contributed by atoms with van der Waals surface area (Å²) in [6.45, 7) is 4.43. The fraction of sp³-hybridized carbons (Fsp3) is 0.429. The molecule has 182 valence electrons. The lowest BCUT2D eigenvalue weighted by Gasteiger charge is -2.17. The molecule has 0 radical (unpaired) electrons. The molecule has 12 heteroatoms. The summed E-state index contributed by atoms with van der Waals surface area (Å²) in [6, 6.07) is 6.00. The van der Waals surface area contributed by atoms with E-state index in [1.54, 1.807) is 13.8 Å². The van der Waals surface area contributed by atoms with Crippen LogP contribution in [0.1, 0.15) is 49.1 Å². The highest BCUT2D eigenvalue weighted by molar-refractivity contribution is 7.88. The molecule has 1 heterocycles. The lowest BCUT2D eigenvalue weighted by molar-refractivity contribution is -0.141. The Balaban J connectivity index is 2.11. The molecule has 33 heavy (non-hydrogen) atoms. The van der Waals surface area contributed by atoms with Crippen LogP contribution in [-0.4, -0.2) is 31.7 Å². The Morgan fingerprint density at radius 3 is 2.27 bits per heavy atom. The number of benzene rings is 1. The summed E-state index contributed by atoms with van der Waals surface area (Å²) < 4.78 is 83.1. The van der Waals surface area contributed by atoms with Crippen molar-refractivity contribution < 1.29 is 35.5 Å². The van der Waals surface area contributed by atoms with Gasteiger partial charge in [0.05, 0.1) is 18.3 Å². The highest BCUT2D eigenvalue weighted by Crippen LogP contribution is 2.30. The Bertz CT molecular complexity index is 1110. The number of sulfonamides is 1. The number of nitrogens with one attached hydrogen (secondary N) is 2. The second-order valence-electron chi connectivity index (χ2n) is 7.71. The monoisotopic (exact) mass is 491 g/mol. The molecule has 1 unspecified atom stereocenters. The molecule has 1 aromatic heterocycles. The molecule has 0 aliphatic heterocycles. The molecule has 0 saturated heterocycles. The number of rotatable bonds is 9. The van der Waals surface area contributed by atoms with Crippen LogP contribution in [0.2, 0.25) is 0 Å². The molecule has 1 amide bonds. The number of ether oxygens (including phenoxy) is 1. The van der Waals surface area contributed by atoms with E-state index in [-0.39, 0.29) is 30.1 Å². The molecular formula is C21H25F4N3O4S. The molecule has 2 N–H and O–H groups in total. The normalized spacial score (nSPS) is 13.1. The summed E-state index contributed by atoms with van der Waals surface area (Å²) in [5.41, 5.74) is -0.395. The van der Waals surface area contributed by atoms with Crippen molar-refractivity contribution in [3.63, 3.8) is 0 Å². The number of alkyl halides is 3. The maximum Gasteiger partial charge on any atom is 0.433 e. The molecule has 0 aliphatic carbocycles. The Labute approximate surface area is 189 Å². The van der Waals surface area contributed by atoms with Crippen molar-refractivity contribution in [2.24, 2.45) is 0 Å². The van der Waals surface area contributed by atoms with Crippen LogP contribution in [0.5, 0.6) is 5.88 Å². The van der Waals surface area contributed by atoms with E-state index in [1.807, 2.05) is 0 Å². The van der Waals surface area contributed by atoms with E-state index in [9.17, 15) is 30.8 Å². The van der Waals surface area contributed by atoms with Gasteiger partial charge in [-0.2, -0.15) is 13.2 Å². The summed E-state index contributed by atoms with van der Waals surface area (Å²) in [5, 5.41) is 2.59. The molecule has 7 nitrogen and oxygen atoms in total. The summed E-state index contributed by atoms with van der Waals surface area (Å²) in [6.07, 6.45) is -4.12. The number of hydrogen-bond acceptors (Lipinski definition) is 5. The molecule has 0 fully saturated rings. The zero-order valence-electron chi connectivity index (χ0n) is 18.5. The van der Waals surface area contributed by atoms with Crippen LogP contribution in [0.15, 0.2) is 30.3 Å². The highest BCUT2D eigenvalue weighted by atomic mass is 32.2. The van der Waals surface area contributed by atoms with Gasteiger partial charge in [-0.1, -0.05) is 12.1 Å². The van der Waals surface area contributed by atoms with Crippen molar-refractivity contribution in [1.82, 2.24) is 15.0 Å². The number of hydrogen-bond donors (Lipinski definition) is 2. The van der Waals surface area contributed by atoms with Gasteiger partial charge < -0.3 is 10.1 Å². The van der Waals surface area contributed by atoms with Crippen LogP contribution in [0.25, 0.3) is 0 Å². The van der Waals surface area contributed by atoms with Crippen molar-refractivity contribution in [1.29, 1.82) is 0 Å². The van der Waals surface area contributed by atoms with Crippen LogP contribution in [0, 0.1) is 5.82 Å². The van der Waals surface area contributed by atoms with Crippen LogP contribution in [0.3, 0.4) is 0 Å². The molecule has 0 spiro atoms. The van der Waals surface area contributed by atoms with Gasteiger partial charge in [-0.25, -0.2) is 22.5 Å². The van der Waals surface area contributed by atoms with E-state index in [2.05, 4.69) is 15.0 Å². The first-order chi connectivity index (χ1) is 15.2. The van der Waals surface area contributed by atoms with E-state index in [1.165, 1.54) is 25.1 Å². The van der Waals surface area contributed by atoms with Gasteiger partial charge >= 0.3 is 6.18 Å². The third-order valence-corrected chi connectivity index (χ3v) is 5.19. The number of aromatic nitrogens is 1. The third-order valence-electron chi connectivity index (χ3n) is 4.53. The van der Waals surface area contributed by atoms with Crippen molar-refractivity contribution in [3.8, 4) is 5.88 Å². The maximum atomic E-state index is 14.3. The maximum absolute atomic E-state index is 14.3. The number of halogens is 4. The second-order valence-corrected chi connectivity index (χ2v) is 9.54. The lowest BCUT2D eigenvalue weighted by atomic mass is 9.98. The largest absolute Gasteiger partial charge is 0.475 e. The van der Waals surface area contributed by atoms with Gasteiger partial charge in [-0.05, 0) is 44.5 Å². The summed E-state index contributed by atoms with van der Waals surface area (Å²) >= 11 is 0. The Morgan fingerprint density at radius 2 is 1.73 bits per heavy atom. The van der Waals surface area contributed by atoms with Gasteiger partial charge in [0.1, 0.15) is 11.5 Å². The van der Waals surface area contributed by atoms with Crippen molar-refractivity contribution in [3.05, 3.63) is 58.5 Å². The van der Waals surface area contributed by atoms with Crippen LogP contribution in [-0.2, 0) is 34.1 Å². The fourth-order valence-corrected chi connectivity index (χ4v) is 3.18. The van der Waals surface area contributed by atoms with E-state index >= 15 is 0 Å². The first-order valence-electron chi connectivity index (χ1n) is 9.92. The number of carbonyl (C=O) groups is 1. The van der Waals surface area contributed by atoms with Gasteiger partial charge in [-0.3, -0.25) is 4.79 Å². The molecule has 0 saturated carbocycles. The predicted molar refractivity (Wildman–Crippen MR) is 113 cm³/mol. The van der Waals surface area contributed by atoms with Crippen LogP contribution >= 0.6 is 0 Å². The van der Waals surface area contributed by atoms with E-state index < -0.39 is 45.6 Å². The minimum absolute atomic E-state index is 0.114. The highest BCUT2D eigenvalue weighted by Gasteiger charge is 2.33. The second kappa shape index (κ2) is 10.5. The summed E-state index contributed by atoms with van der Waals surface area (Å²) in [5.74, 6) is -2.19. The number of pyridine rings is 1. The number of amides is 1. The summed E-state index contributed by atoms with van der Waals surface area (Å²) in [4.78, 5) is 16.1. The average molecular weight is 492 g/mol. The Kier molecular flexibility index (Phi) is 8.41. The van der Waals surface area contributed by atoms with E-state index in [4.69, 9.17) is 4.74 Å². The lowest BCUT2D eigenvalue weighted by Crippen LogP contribution is -2.28. The quantitative estimate of drug-likeness (QED) is 0.524. The predicted octanol–water partition coefficient (Wildman–Crippen LogP) is 3.50. The van der Waals surface area contributed by atoms with Gasteiger partial charge in [0.2, 0.25) is 21.8 Å². The van der Waals surface area contributed by atoms with Gasteiger partial charge in [0, 0.05) is 24.2 Å². The van der Waals surface area contributed by atoms with Crippen molar-refractivity contribution in [2.45, 2.75) is 52.1 Å². The van der Waals surface area contributed by atoms with Gasteiger partial charge in [0.25, 0.3) is 0 Å². The minimum atomic E-state index is -4.64. The van der Waals surface area contributed by atoms with Crippen LogP contribution < -0.4 is 14.8 Å². The SMILES string of the molecule is CC(C)Oc1nc(C(F)(F)F)ccc1CNC(=O)C(C)c1ccc(CNS(C)(=O)=O)c(F)c1. The molecule has 0 bridgehead atoms. The smallest absolute Gasteiger partial charge is 0.433 e. The summed E-state index contributed by atoms with van der Waals surface area (Å²) in [7, 11) is -3.49. The van der Waals surface area contributed by atoms with Crippen molar-refractivity contribution in [2.75, 3.05) is 6.26 Å². The molecular weight excluding hydrogens is 466 g/mol. The minimum Gasteiger partial charge on any atom is -0.475 e. The molecule has 1 aromatic carbocycles. The van der Waals surface area contributed by atoms with E-state index in [0.717, 1.165) is 18.4 Å². The fourth-order valence-electron chi connectivity index (χ4n) is 2.76. The Hall–Kier alpha value is -2.73. The first kappa shape index (κ1) is 26.5. The number of carbonyl (C=O) groups excluding carboxylic acids is 1. The zero-order chi connectivity index (χ0) is 25.0. The average Bonchev–Trinajstić information content (AvgIpc) is 2.69. The van der Waals surface area contributed by atoms with Gasteiger partial charge in [0.15, 0.2) is 0 Å². The van der Waals surface area contributed by atoms with Crippen molar-refractivity contribution >= 4 is 15.9 Å². The molecule has 0 aliphatic rings. The third kappa shape index (κ3) is 7.97. The molecule has 2 rings (SSSR count). The molecule has 2 aromatic rings. The molecule has 1 atom stereocenters. The topological polar surface area (TPSA) is 97.4 Å². The first-order valence-corrected chi connectivity index (χ1v) is 11.8. The van der Waals surface area contributed by atoms with E-state index in [0.29, 0.717) is 5.56 Å². The zero-order valence-corrected chi connectivity index (χ0v) is 19.3.